The van der Waals surface area contributed by atoms with Crippen molar-refractivity contribution in [1.82, 2.24) is 0 Å². The Balaban J connectivity index is 1.65. The molecule has 2 aliphatic rings. The van der Waals surface area contributed by atoms with Gasteiger partial charge >= 0.3 is 5.97 Å². The van der Waals surface area contributed by atoms with Gasteiger partial charge in [-0.25, -0.2) is 0 Å². The van der Waals surface area contributed by atoms with Crippen LogP contribution < -0.4 is 5.19 Å². The van der Waals surface area contributed by atoms with Crippen LogP contribution >= 0.6 is 0 Å². The summed E-state index contributed by atoms with van der Waals surface area (Å²) in [6.07, 6.45) is 1.54. The maximum atomic E-state index is 12.9. The van der Waals surface area contributed by atoms with E-state index in [1.807, 2.05) is 18.2 Å². The van der Waals surface area contributed by atoms with Crippen LogP contribution in [0.5, 0.6) is 0 Å². The van der Waals surface area contributed by atoms with Crippen molar-refractivity contribution in [2.45, 2.75) is 63.5 Å². The van der Waals surface area contributed by atoms with Crippen molar-refractivity contribution in [1.29, 1.82) is 0 Å². The molecule has 164 valence electrons. The minimum Gasteiger partial charge on any atom is -0.468 e. The van der Waals surface area contributed by atoms with Gasteiger partial charge in [-0.2, -0.15) is 0 Å². The Kier molecular flexibility index (Phi) is 6.94. The fourth-order valence-corrected chi connectivity index (χ4v) is 6.90. The molecular weight excluding hydrogens is 400 g/mol. The molecule has 3 rings (SSSR count). The van der Waals surface area contributed by atoms with Gasteiger partial charge in [-0.1, -0.05) is 48.6 Å². The molecule has 0 bridgehead atoms. The second-order valence-electron chi connectivity index (χ2n) is 9.07. The molecule has 1 unspecified atom stereocenters. The minimum absolute atomic E-state index is 0.0791. The summed E-state index contributed by atoms with van der Waals surface area (Å²) in [4.78, 5) is 38.3. The highest BCUT2D eigenvalue weighted by Crippen LogP contribution is 2.47. The average Bonchev–Trinajstić information content (AvgIpc) is 3.21. The highest BCUT2D eigenvalue weighted by molar-refractivity contribution is 6.89. The SMILES string of the molecule is COC(=O)C1(CCC(=O)CC[Si](C)(C)c2ccccc2)CC2(CCC1=O)OCCO2. The largest absolute Gasteiger partial charge is 0.468 e. The molecule has 0 aromatic heterocycles. The van der Waals surface area contributed by atoms with E-state index in [0.29, 0.717) is 26.1 Å². The number of carbonyl (C=O) groups excluding carboxylic acids is 3. The molecule has 6 nitrogen and oxygen atoms in total. The fraction of sp³-hybridized carbons (Fsp3) is 0.609. The van der Waals surface area contributed by atoms with Crippen LogP contribution in [0.25, 0.3) is 0 Å². The van der Waals surface area contributed by atoms with Gasteiger partial charge in [-0.3, -0.25) is 14.4 Å². The highest BCUT2D eigenvalue weighted by Gasteiger charge is 2.57. The van der Waals surface area contributed by atoms with Crippen LogP contribution in [0.1, 0.15) is 38.5 Å². The van der Waals surface area contributed by atoms with Gasteiger partial charge in [0.2, 0.25) is 0 Å². The van der Waals surface area contributed by atoms with Crippen LogP contribution in [-0.4, -0.2) is 51.7 Å². The fourth-order valence-electron chi connectivity index (χ4n) is 4.61. The number of hydrogen-bond acceptors (Lipinski definition) is 6. The second-order valence-corrected chi connectivity index (χ2v) is 13.9. The second kappa shape index (κ2) is 9.12. The summed E-state index contributed by atoms with van der Waals surface area (Å²) >= 11 is 0. The molecule has 1 aromatic carbocycles. The smallest absolute Gasteiger partial charge is 0.319 e. The minimum atomic E-state index is -1.72. The highest BCUT2D eigenvalue weighted by atomic mass is 28.3. The molecular formula is C23H32O6Si. The first kappa shape index (κ1) is 22.8. The van der Waals surface area contributed by atoms with E-state index >= 15 is 0 Å². The van der Waals surface area contributed by atoms with Gasteiger partial charge in [0.05, 0.1) is 28.4 Å². The summed E-state index contributed by atoms with van der Waals surface area (Å²) in [6, 6.07) is 11.2. The van der Waals surface area contributed by atoms with Crippen molar-refractivity contribution < 1.29 is 28.6 Å². The molecule has 1 spiro atoms. The van der Waals surface area contributed by atoms with Gasteiger partial charge in [-0.05, 0) is 12.5 Å². The summed E-state index contributed by atoms with van der Waals surface area (Å²) < 4.78 is 16.5. The molecule has 0 amide bonds. The third kappa shape index (κ3) is 4.73. The van der Waals surface area contributed by atoms with Crippen LogP contribution in [0.2, 0.25) is 19.1 Å². The third-order valence-corrected chi connectivity index (χ3v) is 10.0. The Labute approximate surface area is 179 Å². The standard InChI is InChI=1S/C23H32O6Si/c1-27-21(26)22(17-23(13-10-20(22)25)28-14-15-29-23)12-9-18(24)11-16-30(2,3)19-7-5-4-6-8-19/h4-8H,9-17H2,1-3H3. The Morgan fingerprint density at radius 3 is 2.40 bits per heavy atom. The van der Waals surface area contributed by atoms with Crippen LogP contribution in [0.3, 0.4) is 0 Å². The van der Waals surface area contributed by atoms with Gasteiger partial charge in [0.1, 0.15) is 11.2 Å². The predicted molar refractivity (Wildman–Crippen MR) is 115 cm³/mol. The van der Waals surface area contributed by atoms with Gasteiger partial charge in [0, 0.05) is 32.1 Å². The molecule has 7 heteroatoms. The molecule has 1 aliphatic heterocycles. The molecule has 1 saturated heterocycles. The van der Waals surface area contributed by atoms with Crippen molar-refractivity contribution >= 4 is 30.8 Å². The number of benzene rings is 1. The van der Waals surface area contributed by atoms with Crippen molar-refractivity contribution in [2.75, 3.05) is 20.3 Å². The zero-order valence-electron chi connectivity index (χ0n) is 18.2. The lowest BCUT2D eigenvalue weighted by Gasteiger charge is -2.41. The first-order chi connectivity index (χ1) is 14.2. The lowest BCUT2D eigenvalue weighted by atomic mass is 9.67. The van der Waals surface area contributed by atoms with E-state index in [4.69, 9.17) is 14.2 Å². The molecule has 2 fully saturated rings. The lowest BCUT2D eigenvalue weighted by Crippen LogP contribution is -2.52. The van der Waals surface area contributed by atoms with E-state index in [-0.39, 0.29) is 37.2 Å². The van der Waals surface area contributed by atoms with Crippen LogP contribution in [0, 0.1) is 5.41 Å². The molecule has 30 heavy (non-hydrogen) atoms. The van der Waals surface area contributed by atoms with Crippen LogP contribution in [0.15, 0.2) is 30.3 Å². The Morgan fingerprint density at radius 2 is 1.77 bits per heavy atom. The number of hydrogen-bond donors (Lipinski definition) is 0. The van der Waals surface area contributed by atoms with Gasteiger partial charge < -0.3 is 14.2 Å². The third-order valence-electron chi connectivity index (χ3n) is 6.64. The van der Waals surface area contributed by atoms with Crippen LogP contribution in [0.4, 0.5) is 0 Å². The Hall–Kier alpha value is -1.83. The number of methoxy groups -OCH3 is 1. The zero-order valence-corrected chi connectivity index (χ0v) is 19.2. The average molecular weight is 433 g/mol. The summed E-state index contributed by atoms with van der Waals surface area (Å²) in [5.74, 6) is -1.59. The van der Waals surface area contributed by atoms with Gasteiger partial charge in [0.15, 0.2) is 11.6 Å². The maximum Gasteiger partial charge on any atom is 0.319 e. The molecule has 0 radical (unpaired) electrons. The van der Waals surface area contributed by atoms with Crippen molar-refractivity contribution in [3.8, 4) is 0 Å². The maximum absolute atomic E-state index is 12.9. The number of Topliss-reactive ketones (excluding diaryl/α,β-unsaturated/α-hetero) is 2. The number of ketones is 2. The van der Waals surface area contributed by atoms with E-state index in [1.165, 1.54) is 12.3 Å². The van der Waals surface area contributed by atoms with E-state index in [2.05, 4.69) is 25.2 Å². The molecule has 1 atom stereocenters. The normalized spacial score (nSPS) is 23.5. The number of ether oxygens (including phenoxy) is 3. The van der Waals surface area contributed by atoms with Crippen molar-refractivity contribution in [2.24, 2.45) is 5.41 Å². The number of esters is 1. The van der Waals surface area contributed by atoms with Crippen molar-refractivity contribution in [3.05, 3.63) is 30.3 Å². The van der Waals surface area contributed by atoms with E-state index in [1.54, 1.807) is 0 Å². The first-order valence-corrected chi connectivity index (χ1v) is 13.9. The summed E-state index contributed by atoms with van der Waals surface area (Å²) in [6.45, 7) is 5.41. The zero-order chi connectivity index (χ0) is 21.8. The number of carbonyl (C=O) groups is 3. The van der Waals surface area contributed by atoms with Crippen molar-refractivity contribution in [3.63, 3.8) is 0 Å². The van der Waals surface area contributed by atoms with Crippen LogP contribution in [-0.2, 0) is 28.6 Å². The summed E-state index contributed by atoms with van der Waals surface area (Å²) in [7, 11) is -0.435. The monoisotopic (exact) mass is 432 g/mol. The Morgan fingerprint density at radius 1 is 1.10 bits per heavy atom. The predicted octanol–water partition coefficient (Wildman–Crippen LogP) is 3.00. The quantitative estimate of drug-likeness (QED) is 0.357. The molecule has 0 N–H and O–H groups in total. The molecule has 1 heterocycles. The van der Waals surface area contributed by atoms with Gasteiger partial charge in [-0.15, -0.1) is 0 Å². The summed E-state index contributed by atoms with van der Waals surface area (Å²) in [5, 5.41) is 1.32. The molecule has 1 aromatic rings. The number of rotatable bonds is 8. The van der Waals surface area contributed by atoms with E-state index < -0.39 is 25.2 Å². The van der Waals surface area contributed by atoms with Gasteiger partial charge in [0.25, 0.3) is 0 Å². The van der Waals surface area contributed by atoms with E-state index in [9.17, 15) is 14.4 Å². The summed E-state index contributed by atoms with van der Waals surface area (Å²) in [5.41, 5.74) is -1.36. The molecule has 1 saturated carbocycles. The van der Waals surface area contributed by atoms with E-state index in [0.717, 1.165) is 6.04 Å². The molecule has 1 aliphatic carbocycles. The first-order valence-electron chi connectivity index (χ1n) is 10.7. The Bertz CT molecular complexity index is 774. The lowest BCUT2D eigenvalue weighted by molar-refractivity contribution is -0.209. The topological polar surface area (TPSA) is 78.9 Å².